The zero-order chi connectivity index (χ0) is 22.6. The number of fused-ring (bicyclic) bond motifs is 1. The van der Waals surface area contributed by atoms with Crippen LogP contribution in [-0.4, -0.2) is 65.6 Å². The summed E-state index contributed by atoms with van der Waals surface area (Å²) >= 11 is 0. The molecule has 2 aliphatic heterocycles. The number of amides is 2. The summed E-state index contributed by atoms with van der Waals surface area (Å²) in [5.41, 5.74) is 1.39. The molecule has 0 aliphatic carbocycles. The predicted octanol–water partition coefficient (Wildman–Crippen LogP) is 3.05. The van der Waals surface area contributed by atoms with Gasteiger partial charge in [-0.05, 0) is 44.9 Å². The van der Waals surface area contributed by atoms with Crippen LogP contribution in [0.1, 0.15) is 46.6 Å². The Labute approximate surface area is 185 Å². The van der Waals surface area contributed by atoms with Crippen LogP contribution in [0.15, 0.2) is 29.3 Å². The van der Waals surface area contributed by atoms with Crippen molar-refractivity contribution in [2.45, 2.75) is 59.2 Å². The highest BCUT2D eigenvalue weighted by molar-refractivity contribution is 5.92. The fraction of sp³-hybridized carbons (Fsp3) is 0.609. The first-order valence-electron chi connectivity index (χ1n) is 11.1. The van der Waals surface area contributed by atoms with E-state index in [-0.39, 0.29) is 24.0 Å². The lowest BCUT2D eigenvalue weighted by Crippen LogP contribution is -2.57. The van der Waals surface area contributed by atoms with Gasteiger partial charge in [0.1, 0.15) is 5.60 Å². The lowest BCUT2D eigenvalue weighted by atomic mass is 10.1. The number of hydrogen-bond donors (Lipinski definition) is 2. The number of nitrogens with one attached hydrogen (secondary N) is 2. The van der Waals surface area contributed by atoms with Crippen molar-refractivity contribution in [3.05, 3.63) is 29.8 Å². The van der Waals surface area contributed by atoms with Crippen LogP contribution >= 0.6 is 0 Å². The highest BCUT2D eigenvalue weighted by Crippen LogP contribution is 2.19. The number of guanidine groups is 1. The van der Waals surface area contributed by atoms with E-state index in [1.807, 2.05) is 58.9 Å². The van der Waals surface area contributed by atoms with Crippen molar-refractivity contribution in [3.8, 4) is 0 Å². The van der Waals surface area contributed by atoms with Gasteiger partial charge in [0.05, 0.1) is 12.6 Å². The maximum Gasteiger partial charge on any atom is 0.410 e. The largest absolute Gasteiger partial charge is 0.444 e. The van der Waals surface area contributed by atoms with Gasteiger partial charge in [-0.1, -0.05) is 26.0 Å². The van der Waals surface area contributed by atoms with Gasteiger partial charge in [0.25, 0.3) is 0 Å². The van der Waals surface area contributed by atoms with Crippen LogP contribution in [0.4, 0.5) is 10.5 Å². The monoisotopic (exact) mass is 429 g/mol. The second-order valence-corrected chi connectivity index (χ2v) is 9.29. The molecule has 1 saturated heterocycles. The molecule has 8 nitrogen and oxygen atoms in total. The molecule has 3 rings (SSSR count). The van der Waals surface area contributed by atoms with Gasteiger partial charge in [0.2, 0.25) is 5.91 Å². The molecule has 31 heavy (non-hydrogen) atoms. The van der Waals surface area contributed by atoms with Gasteiger partial charge in [0, 0.05) is 37.8 Å². The molecule has 2 aliphatic rings. The molecule has 1 aromatic rings. The van der Waals surface area contributed by atoms with Gasteiger partial charge in [0.15, 0.2) is 5.96 Å². The Kier molecular flexibility index (Phi) is 7.08. The van der Waals surface area contributed by atoms with Crippen molar-refractivity contribution in [1.29, 1.82) is 0 Å². The lowest BCUT2D eigenvalue weighted by molar-refractivity contribution is -0.119. The van der Waals surface area contributed by atoms with Crippen LogP contribution in [0.25, 0.3) is 0 Å². The zero-order valence-electron chi connectivity index (χ0n) is 19.3. The first-order chi connectivity index (χ1) is 14.7. The number of benzene rings is 1. The van der Waals surface area contributed by atoms with Crippen LogP contribution in [0.3, 0.4) is 0 Å². The predicted molar refractivity (Wildman–Crippen MR) is 122 cm³/mol. The number of ether oxygens (including phenoxy) is 1. The van der Waals surface area contributed by atoms with Gasteiger partial charge in [-0.25, -0.2) is 4.79 Å². The third kappa shape index (κ3) is 6.12. The summed E-state index contributed by atoms with van der Waals surface area (Å²) in [7, 11) is 0. The van der Waals surface area contributed by atoms with Crippen molar-refractivity contribution in [3.63, 3.8) is 0 Å². The molecular weight excluding hydrogens is 394 g/mol. The molecule has 2 heterocycles. The Hall–Kier alpha value is -2.77. The minimum Gasteiger partial charge on any atom is -0.444 e. The molecule has 170 valence electrons. The van der Waals surface area contributed by atoms with Crippen molar-refractivity contribution >= 4 is 23.6 Å². The van der Waals surface area contributed by atoms with Crippen molar-refractivity contribution in [2.24, 2.45) is 10.9 Å². The number of hydrogen-bond acceptors (Lipinski definition) is 6. The van der Waals surface area contributed by atoms with E-state index >= 15 is 0 Å². The van der Waals surface area contributed by atoms with Crippen LogP contribution < -0.4 is 10.6 Å². The molecule has 1 fully saturated rings. The van der Waals surface area contributed by atoms with Gasteiger partial charge in [-0.3, -0.25) is 9.79 Å². The summed E-state index contributed by atoms with van der Waals surface area (Å²) in [4.78, 5) is 33.2. The fourth-order valence-electron chi connectivity index (χ4n) is 3.61. The summed E-state index contributed by atoms with van der Waals surface area (Å²) < 4.78 is 5.50. The second-order valence-electron chi connectivity index (χ2n) is 9.29. The first-order valence-corrected chi connectivity index (χ1v) is 11.1. The van der Waals surface area contributed by atoms with Crippen LogP contribution in [0.2, 0.25) is 0 Å². The number of anilines is 1. The Morgan fingerprint density at radius 3 is 2.77 bits per heavy atom. The van der Waals surface area contributed by atoms with E-state index in [9.17, 15) is 9.59 Å². The van der Waals surface area contributed by atoms with Crippen LogP contribution in [0.5, 0.6) is 0 Å². The van der Waals surface area contributed by atoms with Crippen LogP contribution in [-0.2, 0) is 16.1 Å². The molecule has 0 saturated carbocycles. The maximum atomic E-state index is 12.4. The summed E-state index contributed by atoms with van der Waals surface area (Å²) in [5, 5.41) is 6.40. The number of carbonyl (C=O) groups excluding carboxylic acids is 2. The van der Waals surface area contributed by atoms with E-state index in [0.29, 0.717) is 26.2 Å². The SMILES string of the molecule is CCC(C)C(=O)Nc1cccc(CNC2=NCC3CN(C(=O)OC(C)(C)C)CCN23)c1. The van der Waals surface area contributed by atoms with Gasteiger partial charge in [-0.2, -0.15) is 0 Å². The molecule has 1 aromatic carbocycles. The van der Waals surface area contributed by atoms with Crippen molar-refractivity contribution in [2.75, 3.05) is 31.5 Å². The molecule has 0 aromatic heterocycles. The standard InChI is InChI=1S/C23H35N5O3/c1-6-16(2)20(29)26-18-9-7-8-17(12-18)13-24-21-25-14-19-15-27(10-11-28(19)21)22(30)31-23(3,4)5/h7-9,12,16,19H,6,10-11,13-15H2,1-5H3,(H,24,25)(H,26,29). The van der Waals surface area contributed by atoms with Gasteiger partial charge >= 0.3 is 6.09 Å². The number of rotatable bonds is 5. The highest BCUT2D eigenvalue weighted by Gasteiger charge is 2.36. The van der Waals surface area contributed by atoms with E-state index in [2.05, 4.69) is 20.5 Å². The Morgan fingerprint density at radius 2 is 2.06 bits per heavy atom. The highest BCUT2D eigenvalue weighted by atomic mass is 16.6. The van der Waals surface area contributed by atoms with E-state index in [1.54, 1.807) is 4.90 Å². The van der Waals surface area contributed by atoms with Crippen molar-refractivity contribution < 1.29 is 14.3 Å². The number of aliphatic imine (C=N–C) groups is 1. The van der Waals surface area contributed by atoms with E-state index in [1.165, 1.54) is 0 Å². The molecule has 8 heteroatoms. The smallest absolute Gasteiger partial charge is 0.410 e. The molecule has 2 amide bonds. The van der Waals surface area contributed by atoms with Gasteiger partial charge in [-0.15, -0.1) is 0 Å². The maximum absolute atomic E-state index is 12.4. The quantitative estimate of drug-likeness (QED) is 0.751. The second kappa shape index (κ2) is 9.58. The molecule has 2 unspecified atom stereocenters. The molecule has 0 spiro atoms. The van der Waals surface area contributed by atoms with E-state index in [4.69, 9.17) is 4.74 Å². The molecule has 0 bridgehead atoms. The normalized spacial score (nSPS) is 19.4. The number of carbonyl (C=O) groups is 2. The molecule has 2 N–H and O–H groups in total. The Morgan fingerprint density at radius 1 is 1.29 bits per heavy atom. The topological polar surface area (TPSA) is 86.3 Å². The first kappa shape index (κ1) is 22.9. The van der Waals surface area contributed by atoms with Crippen LogP contribution in [0, 0.1) is 5.92 Å². The molecular formula is C23H35N5O3. The van der Waals surface area contributed by atoms with Crippen molar-refractivity contribution in [1.82, 2.24) is 15.1 Å². The number of nitrogens with zero attached hydrogens (tertiary/aromatic N) is 3. The molecule has 0 radical (unpaired) electrons. The number of piperazine rings is 1. The fourth-order valence-corrected chi connectivity index (χ4v) is 3.61. The summed E-state index contributed by atoms with van der Waals surface area (Å²) in [6.45, 7) is 12.8. The third-order valence-electron chi connectivity index (χ3n) is 5.56. The molecule has 2 atom stereocenters. The summed E-state index contributed by atoms with van der Waals surface area (Å²) in [6, 6.07) is 8.04. The third-order valence-corrected chi connectivity index (χ3v) is 5.56. The summed E-state index contributed by atoms with van der Waals surface area (Å²) in [5.74, 6) is 0.896. The summed E-state index contributed by atoms with van der Waals surface area (Å²) in [6.07, 6.45) is 0.555. The average molecular weight is 430 g/mol. The average Bonchev–Trinajstić information content (AvgIpc) is 3.13. The Balaban J connectivity index is 1.51. The van der Waals surface area contributed by atoms with E-state index < -0.39 is 5.60 Å². The van der Waals surface area contributed by atoms with E-state index in [0.717, 1.165) is 30.2 Å². The lowest BCUT2D eigenvalue weighted by Gasteiger charge is -2.39. The zero-order valence-corrected chi connectivity index (χ0v) is 19.3. The minimum absolute atomic E-state index is 0.00842. The minimum atomic E-state index is -0.490. The Bertz CT molecular complexity index is 833. The van der Waals surface area contributed by atoms with Gasteiger partial charge < -0.3 is 25.2 Å².